The third kappa shape index (κ3) is 4.31. The maximum atomic E-state index is 12.2. The van der Waals surface area contributed by atoms with Gasteiger partial charge in [0.2, 0.25) is 11.8 Å². The number of carbonyl (C=O) groups excluding carboxylic acids is 1. The summed E-state index contributed by atoms with van der Waals surface area (Å²) in [6.07, 6.45) is 10.6. The molecule has 0 bridgehead atoms. The number of nitrogens with one attached hydrogen (secondary N) is 2. The topological polar surface area (TPSA) is 79.9 Å². The highest BCUT2D eigenvalue weighted by molar-refractivity contribution is 5.92. The molecule has 2 N–H and O–H groups in total. The SMILES string of the molecule is C[C@H](Cc1cnc[nH]1)C(=O)Nc1ccc(OC2CCCC2)nc1. The van der Waals surface area contributed by atoms with Crippen molar-refractivity contribution >= 4 is 11.6 Å². The van der Waals surface area contributed by atoms with Crippen LogP contribution in [0.2, 0.25) is 0 Å². The number of H-pyrrole nitrogens is 1. The van der Waals surface area contributed by atoms with E-state index in [2.05, 4.69) is 20.3 Å². The summed E-state index contributed by atoms with van der Waals surface area (Å²) in [5.74, 6) is 0.441. The number of ether oxygens (including phenoxy) is 1. The molecular formula is C17H22N4O2. The van der Waals surface area contributed by atoms with Gasteiger partial charge in [-0.15, -0.1) is 0 Å². The summed E-state index contributed by atoms with van der Waals surface area (Å²) in [6.45, 7) is 1.89. The minimum absolute atomic E-state index is 0.0362. The van der Waals surface area contributed by atoms with Crippen LogP contribution < -0.4 is 10.1 Å². The van der Waals surface area contributed by atoms with Crippen LogP contribution in [0.3, 0.4) is 0 Å². The van der Waals surface area contributed by atoms with Crippen molar-refractivity contribution in [2.24, 2.45) is 5.92 Å². The largest absolute Gasteiger partial charge is 0.474 e. The molecule has 23 heavy (non-hydrogen) atoms. The molecule has 6 heteroatoms. The van der Waals surface area contributed by atoms with E-state index in [1.54, 1.807) is 18.7 Å². The van der Waals surface area contributed by atoms with E-state index in [1.807, 2.05) is 19.1 Å². The van der Waals surface area contributed by atoms with Gasteiger partial charge >= 0.3 is 0 Å². The van der Waals surface area contributed by atoms with Crippen LogP contribution in [0.15, 0.2) is 30.9 Å². The van der Waals surface area contributed by atoms with E-state index >= 15 is 0 Å². The molecule has 1 aliphatic rings. The molecule has 0 unspecified atom stereocenters. The number of amides is 1. The molecule has 0 saturated heterocycles. The lowest BCUT2D eigenvalue weighted by molar-refractivity contribution is -0.119. The minimum atomic E-state index is -0.148. The molecule has 0 spiro atoms. The normalized spacial score (nSPS) is 16.2. The third-order valence-electron chi connectivity index (χ3n) is 4.12. The summed E-state index contributed by atoms with van der Waals surface area (Å²) in [6, 6.07) is 3.64. The second-order valence-corrected chi connectivity index (χ2v) is 6.08. The average Bonchev–Trinajstić information content (AvgIpc) is 3.23. The molecule has 1 aliphatic carbocycles. The highest BCUT2D eigenvalue weighted by Crippen LogP contribution is 2.23. The summed E-state index contributed by atoms with van der Waals surface area (Å²) in [5, 5.41) is 2.88. The lowest BCUT2D eigenvalue weighted by atomic mass is 10.1. The maximum absolute atomic E-state index is 12.2. The quantitative estimate of drug-likeness (QED) is 0.859. The lowest BCUT2D eigenvalue weighted by Crippen LogP contribution is -2.22. The summed E-state index contributed by atoms with van der Waals surface area (Å²) in [4.78, 5) is 23.4. The minimum Gasteiger partial charge on any atom is -0.474 e. The highest BCUT2D eigenvalue weighted by Gasteiger charge is 2.17. The Morgan fingerprint density at radius 2 is 2.22 bits per heavy atom. The van der Waals surface area contributed by atoms with Crippen LogP contribution in [-0.4, -0.2) is 27.0 Å². The van der Waals surface area contributed by atoms with Crippen LogP contribution in [0.5, 0.6) is 5.88 Å². The smallest absolute Gasteiger partial charge is 0.227 e. The number of aromatic amines is 1. The number of nitrogens with zero attached hydrogens (tertiary/aromatic N) is 2. The fourth-order valence-electron chi connectivity index (χ4n) is 2.79. The van der Waals surface area contributed by atoms with E-state index in [0.29, 0.717) is 18.0 Å². The van der Waals surface area contributed by atoms with Crippen LogP contribution >= 0.6 is 0 Å². The van der Waals surface area contributed by atoms with Crippen LogP contribution in [-0.2, 0) is 11.2 Å². The molecule has 2 aromatic rings. The van der Waals surface area contributed by atoms with Gasteiger partial charge in [0, 0.05) is 30.3 Å². The lowest BCUT2D eigenvalue weighted by Gasteiger charge is -2.13. The Balaban J connectivity index is 1.51. The number of pyridine rings is 1. The van der Waals surface area contributed by atoms with E-state index in [4.69, 9.17) is 4.74 Å². The first kappa shape index (κ1) is 15.5. The van der Waals surface area contributed by atoms with Crippen molar-refractivity contribution in [3.05, 3.63) is 36.5 Å². The van der Waals surface area contributed by atoms with Gasteiger partial charge in [-0.2, -0.15) is 0 Å². The van der Waals surface area contributed by atoms with Gasteiger partial charge in [0.25, 0.3) is 0 Å². The zero-order chi connectivity index (χ0) is 16.1. The van der Waals surface area contributed by atoms with E-state index < -0.39 is 0 Å². The molecule has 0 radical (unpaired) electrons. The molecule has 3 rings (SSSR count). The van der Waals surface area contributed by atoms with Gasteiger partial charge in [-0.25, -0.2) is 9.97 Å². The van der Waals surface area contributed by atoms with Gasteiger partial charge < -0.3 is 15.0 Å². The first-order valence-corrected chi connectivity index (χ1v) is 8.11. The van der Waals surface area contributed by atoms with E-state index in [0.717, 1.165) is 18.5 Å². The predicted octanol–water partition coefficient (Wildman–Crippen LogP) is 2.94. The Bertz CT molecular complexity index is 619. The molecule has 0 aliphatic heterocycles. The van der Waals surface area contributed by atoms with Crippen LogP contribution in [0.25, 0.3) is 0 Å². The van der Waals surface area contributed by atoms with Gasteiger partial charge in [0.15, 0.2) is 0 Å². The van der Waals surface area contributed by atoms with Crippen molar-refractivity contribution in [3.63, 3.8) is 0 Å². The summed E-state index contributed by atoms with van der Waals surface area (Å²) in [7, 11) is 0. The second-order valence-electron chi connectivity index (χ2n) is 6.08. The standard InChI is InChI=1S/C17H22N4O2/c1-12(8-14-9-18-11-20-14)17(22)21-13-6-7-16(19-10-13)23-15-4-2-3-5-15/h6-7,9-12,15H,2-5,8H2,1H3,(H,18,20)(H,21,22)/t12-/m1/s1. The average molecular weight is 314 g/mol. The highest BCUT2D eigenvalue weighted by atomic mass is 16.5. The molecular weight excluding hydrogens is 292 g/mol. The van der Waals surface area contributed by atoms with Gasteiger partial charge in [0.1, 0.15) is 6.10 Å². The summed E-state index contributed by atoms with van der Waals surface area (Å²) in [5.41, 5.74) is 1.64. The van der Waals surface area contributed by atoms with Crippen molar-refractivity contribution in [1.29, 1.82) is 0 Å². The van der Waals surface area contributed by atoms with Crippen molar-refractivity contribution in [3.8, 4) is 5.88 Å². The van der Waals surface area contributed by atoms with Crippen LogP contribution in [0, 0.1) is 5.92 Å². The monoisotopic (exact) mass is 314 g/mol. The van der Waals surface area contributed by atoms with Crippen molar-refractivity contribution in [1.82, 2.24) is 15.0 Å². The number of carbonyl (C=O) groups is 1. The zero-order valence-corrected chi connectivity index (χ0v) is 13.3. The van der Waals surface area contributed by atoms with E-state index in [-0.39, 0.29) is 17.9 Å². The number of hydrogen-bond donors (Lipinski definition) is 2. The van der Waals surface area contributed by atoms with E-state index in [1.165, 1.54) is 12.8 Å². The Labute approximate surface area is 135 Å². The molecule has 1 amide bonds. The van der Waals surface area contributed by atoms with Gasteiger partial charge in [-0.05, 0) is 31.7 Å². The molecule has 2 heterocycles. The van der Waals surface area contributed by atoms with Gasteiger partial charge in [-0.3, -0.25) is 4.79 Å². The number of imidazole rings is 1. The van der Waals surface area contributed by atoms with Crippen molar-refractivity contribution in [2.75, 3.05) is 5.32 Å². The number of anilines is 1. The molecule has 2 aromatic heterocycles. The predicted molar refractivity (Wildman–Crippen MR) is 87.2 cm³/mol. The Hall–Kier alpha value is -2.37. The summed E-state index contributed by atoms with van der Waals surface area (Å²) < 4.78 is 5.82. The zero-order valence-electron chi connectivity index (χ0n) is 13.3. The second kappa shape index (κ2) is 7.26. The first-order valence-electron chi connectivity index (χ1n) is 8.11. The number of aromatic nitrogens is 3. The molecule has 0 aromatic carbocycles. The third-order valence-corrected chi connectivity index (χ3v) is 4.12. The van der Waals surface area contributed by atoms with Crippen LogP contribution in [0.4, 0.5) is 5.69 Å². The van der Waals surface area contributed by atoms with Gasteiger partial charge in [0.05, 0.1) is 18.2 Å². The van der Waals surface area contributed by atoms with Crippen LogP contribution in [0.1, 0.15) is 38.3 Å². The fourth-order valence-corrected chi connectivity index (χ4v) is 2.79. The number of rotatable bonds is 6. The molecule has 1 fully saturated rings. The Morgan fingerprint density at radius 1 is 1.39 bits per heavy atom. The van der Waals surface area contributed by atoms with E-state index in [9.17, 15) is 4.79 Å². The van der Waals surface area contributed by atoms with Crippen molar-refractivity contribution in [2.45, 2.75) is 45.1 Å². The van der Waals surface area contributed by atoms with Crippen molar-refractivity contribution < 1.29 is 9.53 Å². The first-order chi connectivity index (χ1) is 11.2. The molecule has 1 atom stereocenters. The molecule has 122 valence electrons. The summed E-state index contributed by atoms with van der Waals surface area (Å²) >= 11 is 0. The van der Waals surface area contributed by atoms with Gasteiger partial charge in [-0.1, -0.05) is 6.92 Å². The molecule has 6 nitrogen and oxygen atoms in total. The Kier molecular flexibility index (Phi) is 4.90. The maximum Gasteiger partial charge on any atom is 0.227 e. The number of hydrogen-bond acceptors (Lipinski definition) is 4. The molecule has 1 saturated carbocycles. The fraction of sp³-hybridized carbons (Fsp3) is 0.471. The Morgan fingerprint density at radius 3 is 2.87 bits per heavy atom.